The van der Waals surface area contributed by atoms with Gasteiger partial charge in [0.15, 0.2) is 5.82 Å². The minimum atomic E-state index is -0.684. The van der Waals surface area contributed by atoms with E-state index in [4.69, 9.17) is 5.11 Å². The molecule has 2 N–H and O–H groups in total. The number of carbonyl (C=O) groups is 1. The molecule has 21 heavy (non-hydrogen) atoms. The second kappa shape index (κ2) is 6.59. The minimum Gasteiger partial charge on any atom is -0.384 e. The second-order valence-corrected chi connectivity index (χ2v) is 3.96. The third kappa shape index (κ3) is 3.61. The summed E-state index contributed by atoms with van der Waals surface area (Å²) in [6, 6.07) is 4.71. The Morgan fingerprint density at radius 3 is 2.86 bits per heavy atom. The third-order valence-corrected chi connectivity index (χ3v) is 2.55. The number of aliphatic hydroxyl groups is 1. The van der Waals surface area contributed by atoms with Gasteiger partial charge in [-0.2, -0.15) is 0 Å². The summed E-state index contributed by atoms with van der Waals surface area (Å²) in [5.74, 6) is 2.93. The van der Waals surface area contributed by atoms with Crippen molar-refractivity contribution >= 4 is 11.6 Å². The normalized spacial score (nSPS) is 9.67. The Balaban J connectivity index is 2.33. The molecular formula is C15H10F2N2O2. The highest BCUT2D eigenvalue weighted by molar-refractivity contribution is 6.06. The van der Waals surface area contributed by atoms with Crippen LogP contribution < -0.4 is 5.32 Å². The zero-order valence-electron chi connectivity index (χ0n) is 10.7. The first-order valence-corrected chi connectivity index (χ1v) is 5.92. The van der Waals surface area contributed by atoms with E-state index in [9.17, 15) is 13.6 Å². The highest BCUT2D eigenvalue weighted by atomic mass is 19.1. The molecule has 0 spiro atoms. The third-order valence-electron chi connectivity index (χ3n) is 2.55. The molecule has 0 aliphatic heterocycles. The van der Waals surface area contributed by atoms with Crippen LogP contribution in [0.1, 0.15) is 15.9 Å². The van der Waals surface area contributed by atoms with Gasteiger partial charge in [0.05, 0.1) is 17.4 Å². The fraction of sp³-hybridized carbons (Fsp3) is 0.0667. The van der Waals surface area contributed by atoms with Gasteiger partial charge in [-0.25, -0.2) is 8.78 Å². The summed E-state index contributed by atoms with van der Waals surface area (Å²) in [6.07, 6.45) is 2.29. The van der Waals surface area contributed by atoms with Crippen LogP contribution in [0.3, 0.4) is 0 Å². The van der Waals surface area contributed by atoms with E-state index in [1.54, 1.807) is 0 Å². The Bertz CT molecular complexity index is 736. The van der Waals surface area contributed by atoms with Crippen LogP contribution in [0.15, 0.2) is 36.7 Å². The van der Waals surface area contributed by atoms with Gasteiger partial charge >= 0.3 is 0 Å². The molecule has 6 heteroatoms. The number of carbonyl (C=O) groups excluding carboxylic acids is 1. The minimum absolute atomic E-state index is 0.0413. The number of rotatable bonds is 2. The zero-order valence-corrected chi connectivity index (χ0v) is 10.7. The van der Waals surface area contributed by atoms with Gasteiger partial charge in [-0.3, -0.25) is 9.78 Å². The molecule has 0 unspecified atom stereocenters. The summed E-state index contributed by atoms with van der Waals surface area (Å²) in [5.41, 5.74) is 0.143. The van der Waals surface area contributed by atoms with E-state index < -0.39 is 24.1 Å². The maximum Gasteiger partial charge on any atom is 0.257 e. The van der Waals surface area contributed by atoms with Crippen LogP contribution in [0, 0.1) is 23.5 Å². The molecule has 1 amide bonds. The van der Waals surface area contributed by atoms with Gasteiger partial charge in [0, 0.05) is 11.8 Å². The molecule has 2 aromatic rings. The lowest BCUT2D eigenvalue weighted by molar-refractivity contribution is 0.102. The van der Waals surface area contributed by atoms with Crippen LogP contribution in [0.25, 0.3) is 0 Å². The van der Waals surface area contributed by atoms with Crippen LogP contribution in [0.2, 0.25) is 0 Å². The number of anilines is 1. The SMILES string of the molecule is O=C(Nc1ccncc1F)c1ccc(F)cc1C#CCO. The lowest BCUT2D eigenvalue weighted by atomic mass is 10.1. The number of benzene rings is 1. The molecule has 4 nitrogen and oxygen atoms in total. The van der Waals surface area contributed by atoms with Gasteiger partial charge < -0.3 is 10.4 Å². The first-order valence-electron chi connectivity index (χ1n) is 5.92. The molecule has 1 heterocycles. The van der Waals surface area contributed by atoms with Crippen molar-refractivity contribution in [3.05, 3.63) is 59.4 Å². The molecule has 0 atom stereocenters. The number of nitrogens with one attached hydrogen (secondary N) is 1. The summed E-state index contributed by atoms with van der Waals surface area (Å²) >= 11 is 0. The standard InChI is InChI=1S/C15H10F2N2O2/c16-11-3-4-12(10(8-11)2-1-7-20)15(21)19-14-5-6-18-9-13(14)17/h3-6,8-9,20H,7H2,(H,18,19,21). The Hall–Kier alpha value is -2.78. The molecular weight excluding hydrogens is 278 g/mol. The molecule has 0 radical (unpaired) electrons. The van der Waals surface area contributed by atoms with Gasteiger partial charge in [-0.1, -0.05) is 11.8 Å². The van der Waals surface area contributed by atoms with Crippen LogP contribution >= 0.6 is 0 Å². The lowest BCUT2D eigenvalue weighted by Gasteiger charge is -2.07. The molecule has 0 aliphatic carbocycles. The van der Waals surface area contributed by atoms with Crippen molar-refractivity contribution in [2.75, 3.05) is 11.9 Å². The first kappa shape index (κ1) is 14.6. The van der Waals surface area contributed by atoms with E-state index >= 15 is 0 Å². The van der Waals surface area contributed by atoms with Crippen molar-refractivity contribution in [2.24, 2.45) is 0 Å². The maximum absolute atomic E-state index is 13.4. The van der Waals surface area contributed by atoms with Crippen LogP contribution in [0.4, 0.5) is 14.5 Å². The number of hydrogen-bond donors (Lipinski definition) is 2. The summed E-state index contributed by atoms with van der Waals surface area (Å²) in [7, 11) is 0. The number of aliphatic hydroxyl groups excluding tert-OH is 1. The van der Waals surface area contributed by atoms with E-state index in [0.29, 0.717) is 0 Å². The number of amides is 1. The molecule has 1 aromatic carbocycles. The molecule has 0 saturated heterocycles. The van der Waals surface area contributed by atoms with E-state index in [1.807, 2.05) is 0 Å². The van der Waals surface area contributed by atoms with Gasteiger partial charge in [-0.15, -0.1) is 0 Å². The number of hydrogen-bond acceptors (Lipinski definition) is 3. The van der Waals surface area contributed by atoms with Crippen molar-refractivity contribution in [3.8, 4) is 11.8 Å². The summed E-state index contributed by atoms with van der Waals surface area (Å²) in [4.78, 5) is 15.7. The Morgan fingerprint density at radius 1 is 1.33 bits per heavy atom. The Labute approximate surface area is 119 Å². The van der Waals surface area contributed by atoms with Crippen molar-refractivity contribution in [1.82, 2.24) is 4.98 Å². The van der Waals surface area contributed by atoms with Crippen LogP contribution in [-0.2, 0) is 0 Å². The van der Waals surface area contributed by atoms with E-state index in [2.05, 4.69) is 22.1 Å². The molecule has 0 fully saturated rings. The highest BCUT2D eigenvalue weighted by Crippen LogP contribution is 2.15. The molecule has 0 bridgehead atoms. The topological polar surface area (TPSA) is 62.2 Å². The lowest BCUT2D eigenvalue weighted by Crippen LogP contribution is -2.14. The fourth-order valence-electron chi connectivity index (χ4n) is 1.62. The van der Waals surface area contributed by atoms with Gasteiger partial charge in [0.2, 0.25) is 0 Å². The number of aromatic nitrogens is 1. The molecule has 1 aromatic heterocycles. The Kier molecular flexibility index (Phi) is 4.59. The number of nitrogens with zero attached hydrogens (tertiary/aromatic N) is 1. The van der Waals surface area contributed by atoms with E-state index in [-0.39, 0.29) is 16.8 Å². The van der Waals surface area contributed by atoms with Gasteiger partial charge in [0.25, 0.3) is 5.91 Å². The van der Waals surface area contributed by atoms with Crippen molar-refractivity contribution < 1.29 is 18.7 Å². The summed E-state index contributed by atoms with van der Waals surface area (Å²) in [5, 5.41) is 11.0. The van der Waals surface area contributed by atoms with Crippen molar-refractivity contribution in [2.45, 2.75) is 0 Å². The predicted octanol–water partition coefficient (Wildman–Crippen LogP) is 1.96. The average Bonchev–Trinajstić information content (AvgIpc) is 2.47. The molecule has 0 aliphatic rings. The molecule has 2 rings (SSSR count). The molecule has 106 valence electrons. The monoisotopic (exact) mass is 288 g/mol. The van der Waals surface area contributed by atoms with Gasteiger partial charge in [0.1, 0.15) is 12.4 Å². The Morgan fingerprint density at radius 2 is 2.14 bits per heavy atom. The fourth-order valence-corrected chi connectivity index (χ4v) is 1.62. The van der Waals surface area contributed by atoms with Crippen LogP contribution in [-0.4, -0.2) is 22.6 Å². The quantitative estimate of drug-likeness (QED) is 0.830. The largest absolute Gasteiger partial charge is 0.384 e. The smallest absolute Gasteiger partial charge is 0.257 e. The van der Waals surface area contributed by atoms with Gasteiger partial charge in [-0.05, 0) is 24.3 Å². The summed E-state index contributed by atoms with van der Waals surface area (Å²) in [6.45, 7) is -0.420. The van der Waals surface area contributed by atoms with Crippen molar-refractivity contribution in [3.63, 3.8) is 0 Å². The predicted molar refractivity (Wildman–Crippen MR) is 72.5 cm³/mol. The summed E-state index contributed by atoms with van der Waals surface area (Å²) < 4.78 is 26.6. The average molecular weight is 288 g/mol. The zero-order chi connectivity index (χ0) is 15.2. The number of halogens is 2. The van der Waals surface area contributed by atoms with Crippen molar-refractivity contribution in [1.29, 1.82) is 0 Å². The van der Waals surface area contributed by atoms with Crippen LogP contribution in [0.5, 0.6) is 0 Å². The first-order chi connectivity index (χ1) is 10.1. The second-order valence-electron chi connectivity index (χ2n) is 3.96. The maximum atomic E-state index is 13.4. The number of pyridine rings is 1. The highest BCUT2D eigenvalue weighted by Gasteiger charge is 2.13. The van der Waals surface area contributed by atoms with E-state index in [0.717, 1.165) is 18.3 Å². The molecule has 0 saturated carbocycles. The van der Waals surface area contributed by atoms with E-state index in [1.165, 1.54) is 18.3 Å².